The molecule has 0 aliphatic heterocycles. The molecule has 4 heteroatoms. The van der Waals surface area contributed by atoms with Gasteiger partial charge in [0, 0.05) is 18.3 Å². The summed E-state index contributed by atoms with van der Waals surface area (Å²) in [6.07, 6.45) is 2.27. The van der Waals surface area contributed by atoms with Gasteiger partial charge in [-0.1, -0.05) is 13.0 Å². The first-order chi connectivity index (χ1) is 6.65. The van der Waals surface area contributed by atoms with Crippen LogP contribution in [0.5, 0.6) is 0 Å². The van der Waals surface area contributed by atoms with Crippen LogP contribution < -0.4 is 5.56 Å². The van der Waals surface area contributed by atoms with Crippen molar-refractivity contribution in [2.75, 3.05) is 0 Å². The average molecular weight is 195 g/mol. The highest BCUT2D eigenvalue weighted by Crippen LogP contribution is 1.94. The molecule has 0 fully saturated rings. The molecule has 1 N–H and O–H groups in total. The van der Waals surface area contributed by atoms with Crippen LogP contribution in [0.25, 0.3) is 0 Å². The molecular weight excluding hydrogens is 182 g/mol. The fourth-order valence-corrected chi connectivity index (χ4v) is 1.25. The summed E-state index contributed by atoms with van der Waals surface area (Å²) in [5, 5.41) is 8.48. The lowest BCUT2D eigenvalue weighted by Crippen LogP contribution is -2.23. The van der Waals surface area contributed by atoms with Gasteiger partial charge in [0.15, 0.2) is 0 Å². The summed E-state index contributed by atoms with van der Waals surface area (Å²) in [4.78, 5) is 21.9. The van der Waals surface area contributed by atoms with Gasteiger partial charge in [-0.2, -0.15) is 0 Å². The van der Waals surface area contributed by atoms with Crippen molar-refractivity contribution in [3.63, 3.8) is 0 Å². The Kier molecular flexibility index (Phi) is 3.45. The van der Waals surface area contributed by atoms with Gasteiger partial charge in [0.05, 0.1) is 6.42 Å². The third-order valence-corrected chi connectivity index (χ3v) is 2.05. The van der Waals surface area contributed by atoms with E-state index in [2.05, 4.69) is 0 Å². The minimum Gasteiger partial charge on any atom is -0.481 e. The summed E-state index contributed by atoms with van der Waals surface area (Å²) < 4.78 is 1.44. The second kappa shape index (κ2) is 4.60. The van der Waals surface area contributed by atoms with Gasteiger partial charge >= 0.3 is 5.97 Å². The molecule has 0 saturated carbocycles. The van der Waals surface area contributed by atoms with Gasteiger partial charge in [-0.3, -0.25) is 9.59 Å². The molecule has 0 saturated heterocycles. The molecule has 0 bridgehead atoms. The average Bonchev–Trinajstić information content (AvgIpc) is 2.16. The molecule has 0 amide bonds. The normalized spacial score (nSPS) is 10.1. The largest absolute Gasteiger partial charge is 0.481 e. The van der Waals surface area contributed by atoms with Crippen LogP contribution in [-0.2, 0) is 17.8 Å². The molecule has 76 valence electrons. The summed E-state index contributed by atoms with van der Waals surface area (Å²) in [7, 11) is 0. The van der Waals surface area contributed by atoms with Crippen molar-refractivity contribution in [1.29, 1.82) is 0 Å². The maximum Gasteiger partial charge on any atom is 0.305 e. The van der Waals surface area contributed by atoms with Crippen molar-refractivity contribution < 1.29 is 9.90 Å². The van der Waals surface area contributed by atoms with Crippen molar-refractivity contribution in [3.8, 4) is 0 Å². The highest BCUT2D eigenvalue weighted by molar-refractivity contribution is 5.66. The van der Waals surface area contributed by atoms with Gasteiger partial charge in [-0.05, 0) is 12.5 Å². The lowest BCUT2D eigenvalue weighted by atomic mass is 10.2. The number of aliphatic carboxylic acids is 1. The standard InChI is InChI=1S/C10H13NO3/c1-2-8-4-3-6-11(10(8)14)7-5-9(12)13/h3-4,6H,2,5,7H2,1H3,(H,12,13). The molecule has 0 atom stereocenters. The number of carbonyl (C=O) groups is 1. The van der Waals surface area contributed by atoms with Crippen LogP contribution in [0.2, 0.25) is 0 Å². The maximum absolute atomic E-state index is 11.6. The first kappa shape index (κ1) is 10.5. The predicted molar refractivity (Wildman–Crippen MR) is 52.3 cm³/mol. The van der Waals surface area contributed by atoms with E-state index in [-0.39, 0.29) is 18.5 Å². The number of hydrogen-bond acceptors (Lipinski definition) is 2. The molecule has 4 nitrogen and oxygen atoms in total. The van der Waals surface area contributed by atoms with Crippen LogP contribution in [0, 0.1) is 0 Å². The first-order valence-electron chi connectivity index (χ1n) is 4.55. The molecule has 14 heavy (non-hydrogen) atoms. The fourth-order valence-electron chi connectivity index (χ4n) is 1.25. The molecule has 0 aromatic carbocycles. The van der Waals surface area contributed by atoms with E-state index in [1.54, 1.807) is 18.3 Å². The van der Waals surface area contributed by atoms with Crippen molar-refractivity contribution in [3.05, 3.63) is 34.2 Å². The minimum atomic E-state index is -0.890. The molecule has 0 aliphatic rings. The summed E-state index contributed by atoms with van der Waals surface area (Å²) >= 11 is 0. The Hall–Kier alpha value is -1.58. The number of aromatic nitrogens is 1. The van der Waals surface area contributed by atoms with E-state index < -0.39 is 5.97 Å². The lowest BCUT2D eigenvalue weighted by molar-refractivity contribution is -0.137. The van der Waals surface area contributed by atoms with Gasteiger partial charge in [-0.15, -0.1) is 0 Å². The van der Waals surface area contributed by atoms with Crippen LogP contribution in [-0.4, -0.2) is 15.6 Å². The zero-order valence-electron chi connectivity index (χ0n) is 8.06. The molecule has 0 unspecified atom stereocenters. The summed E-state index contributed by atoms with van der Waals surface area (Å²) in [5.41, 5.74) is 0.633. The minimum absolute atomic E-state index is 0.0208. The highest BCUT2D eigenvalue weighted by Gasteiger charge is 2.02. The number of rotatable bonds is 4. The van der Waals surface area contributed by atoms with E-state index in [1.807, 2.05) is 6.92 Å². The maximum atomic E-state index is 11.6. The molecular formula is C10H13NO3. The zero-order chi connectivity index (χ0) is 10.6. The van der Waals surface area contributed by atoms with Gasteiger partial charge < -0.3 is 9.67 Å². The molecule has 0 spiro atoms. The molecule has 1 aromatic heterocycles. The van der Waals surface area contributed by atoms with Crippen LogP contribution in [0.15, 0.2) is 23.1 Å². The summed E-state index contributed by atoms with van der Waals surface area (Å²) in [6, 6.07) is 3.53. The van der Waals surface area contributed by atoms with Crippen molar-refractivity contribution in [2.24, 2.45) is 0 Å². The van der Waals surface area contributed by atoms with Gasteiger partial charge in [0.2, 0.25) is 0 Å². The molecule has 0 aliphatic carbocycles. The van der Waals surface area contributed by atoms with Gasteiger partial charge in [0.1, 0.15) is 0 Å². The number of nitrogens with zero attached hydrogens (tertiary/aromatic N) is 1. The number of pyridine rings is 1. The van der Waals surface area contributed by atoms with E-state index in [4.69, 9.17) is 5.11 Å². The van der Waals surface area contributed by atoms with Crippen LogP contribution in [0.3, 0.4) is 0 Å². The molecule has 1 aromatic rings. The van der Waals surface area contributed by atoms with Crippen molar-refractivity contribution >= 4 is 5.97 Å². The SMILES string of the molecule is CCc1cccn(CCC(=O)O)c1=O. The highest BCUT2D eigenvalue weighted by atomic mass is 16.4. The topological polar surface area (TPSA) is 59.3 Å². The van der Waals surface area contributed by atoms with E-state index in [9.17, 15) is 9.59 Å². The zero-order valence-corrected chi connectivity index (χ0v) is 8.06. The Morgan fingerprint density at radius 2 is 2.29 bits per heavy atom. The smallest absolute Gasteiger partial charge is 0.305 e. The number of aryl methyl sites for hydroxylation is 2. The van der Waals surface area contributed by atoms with E-state index >= 15 is 0 Å². The Morgan fingerprint density at radius 1 is 1.57 bits per heavy atom. The Labute approximate surface area is 81.8 Å². The molecule has 1 rings (SSSR count). The second-order valence-corrected chi connectivity index (χ2v) is 3.03. The number of carboxylic acids is 1. The second-order valence-electron chi connectivity index (χ2n) is 3.03. The van der Waals surface area contributed by atoms with Gasteiger partial charge in [0.25, 0.3) is 5.56 Å². The van der Waals surface area contributed by atoms with Gasteiger partial charge in [-0.25, -0.2) is 0 Å². The summed E-state index contributed by atoms with van der Waals surface area (Å²) in [6.45, 7) is 2.14. The third kappa shape index (κ3) is 2.45. The number of carboxylic acid groups (broad SMARTS) is 1. The third-order valence-electron chi connectivity index (χ3n) is 2.05. The monoisotopic (exact) mass is 195 g/mol. The fraction of sp³-hybridized carbons (Fsp3) is 0.400. The van der Waals surface area contributed by atoms with Crippen molar-refractivity contribution in [1.82, 2.24) is 4.57 Å². The van der Waals surface area contributed by atoms with E-state index in [0.717, 1.165) is 5.56 Å². The van der Waals surface area contributed by atoms with Crippen LogP contribution >= 0.6 is 0 Å². The molecule has 1 heterocycles. The first-order valence-corrected chi connectivity index (χ1v) is 4.55. The van der Waals surface area contributed by atoms with Crippen LogP contribution in [0.1, 0.15) is 18.9 Å². The Bertz CT molecular complexity index is 381. The van der Waals surface area contributed by atoms with Crippen molar-refractivity contribution in [2.45, 2.75) is 26.3 Å². The Morgan fingerprint density at radius 3 is 2.86 bits per heavy atom. The van der Waals surface area contributed by atoms with E-state index in [1.165, 1.54) is 4.57 Å². The predicted octanol–water partition coefficient (Wildman–Crippen LogP) is 0.885. The number of hydrogen-bond donors (Lipinski definition) is 1. The van der Waals surface area contributed by atoms with E-state index in [0.29, 0.717) is 6.42 Å². The summed E-state index contributed by atoms with van der Waals surface area (Å²) in [5.74, 6) is -0.890. The molecule has 0 radical (unpaired) electrons. The van der Waals surface area contributed by atoms with Crippen LogP contribution in [0.4, 0.5) is 0 Å². The Balaban J connectivity index is 2.87. The quantitative estimate of drug-likeness (QED) is 0.776. The lowest BCUT2D eigenvalue weighted by Gasteiger charge is -2.04.